The van der Waals surface area contributed by atoms with Crippen LogP contribution in [0.5, 0.6) is 5.75 Å². The maximum atomic E-state index is 13.5. The van der Waals surface area contributed by atoms with Crippen molar-refractivity contribution in [3.8, 4) is 5.75 Å². The Morgan fingerprint density at radius 2 is 1.75 bits per heavy atom. The van der Waals surface area contributed by atoms with Crippen molar-refractivity contribution < 1.29 is 18.3 Å². The van der Waals surface area contributed by atoms with Gasteiger partial charge < -0.3 is 15.4 Å². The van der Waals surface area contributed by atoms with Crippen LogP contribution < -0.4 is 15.4 Å². The fourth-order valence-corrected chi connectivity index (χ4v) is 2.69. The van der Waals surface area contributed by atoms with Crippen LogP contribution in [-0.2, 0) is 11.3 Å². The van der Waals surface area contributed by atoms with Crippen molar-refractivity contribution in [3.05, 3.63) is 89.0 Å². The number of benzene rings is 3. The lowest BCUT2D eigenvalue weighted by Crippen LogP contribution is -2.20. The molecule has 0 bridgehead atoms. The average molecular weight is 403 g/mol. The summed E-state index contributed by atoms with van der Waals surface area (Å²) in [5.74, 6) is -0.972. The third kappa shape index (κ3) is 5.44. The summed E-state index contributed by atoms with van der Waals surface area (Å²) in [7, 11) is 0. The van der Waals surface area contributed by atoms with E-state index < -0.39 is 11.7 Å². The Bertz CT molecular complexity index is 965. The lowest BCUT2D eigenvalue weighted by Gasteiger charge is -2.11. The summed E-state index contributed by atoms with van der Waals surface area (Å²) < 4.78 is 31.9. The Morgan fingerprint density at radius 1 is 1.00 bits per heavy atom. The van der Waals surface area contributed by atoms with Crippen LogP contribution in [-0.4, -0.2) is 12.5 Å². The molecule has 0 heterocycles. The molecule has 2 N–H and O–H groups in total. The second-order valence-electron chi connectivity index (χ2n) is 5.94. The molecule has 4 nitrogen and oxygen atoms in total. The molecule has 0 saturated heterocycles. The van der Waals surface area contributed by atoms with Crippen molar-refractivity contribution in [1.82, 2.24) is 0 Å². The molecule has 0 atom stereocenters. The molecular weight excluding hydrogens is 386 g/mol. The standard InChI is InChI=1S/C21H17ClF2N2O2/c22-17-11-14(12-25-16-8-6-15(23)7-9-16)5-10-20(17)28-13-21(27)26-19-4-2-1-3-18(19)24/h1-11,25H,12-13H2,(H,26,27). The van der Waals surface area contributed by atoms with Crippen LogP contribution in [0.1, 0.15) is 5.56 Å². The first-order chi connectivity index (χ1) is 13.5. The van der Waals surface area contributed by atoms with E-state index in [1.165, 1.54) is 30.3 Å². The zero-order valence-corrected chi connectivity index (χ0v) is 15.5. The van der Waals surface area contributed by atoms with E-state index in [1.807, 2.05) is 0 Å². The fourth-order valence-electron chi connectivity index (χ4n) is 2.44. The van der Waals surface area contributed by atoms with Gasteiger partial charge >= 0.3 is 0 Å². The van der Waals surface area contributed by atoms with Crippen molar-refractivity contribution in [2.45, 2.75) is 6.54 Å². The maximum absolute atomic E-state index is 13.5. The predicted octanol–water partition coefficient (Wildman–Crippen LogP) is 5.25. The molecule has 3 aromatic rings. The summed E-state index contributed by atoms with van der Waals surface area (Å²) in [6.07, 6.45) is 0. The van der Waals surface area contributed by atoms with Crippen LogP contribution >= 0.6 is 11.6 Å². The first-order valence-corrected chi connectivity index (χ1v) is 8.84. The Morgan fingerprint density at radius 3 is 2.46 bits per heavy atom. The highest BCUT2D eigenvalue weighted by Crippen LogP contribution is 2.26. The van der Waals surface area contributed by atoms with E-state index in [0.29, 0.717) is 17.3 Å². The SMILES string of the molecule is O=C(COc1ccc(CNc2ccc(F)cc2)cc1Cl)Nc1ccccc1F. The quantitative estimate of drug-likeness (QED) is 0.567. The number of halogens is 3. The zero-order valence-electron chi connectivity index (χ0n) is 14.7. The van der Waals surface area contributed by atoms with Crippen LogP contribution in [0.4, 0.5) is 20.2 Å². The third-order valence-corrected chi connectivity index (χ3v) is 4.14. The number of carbonyl (C=O) groups is 1. The normalized spacial score (nSPS) is 10.4. The minimum absolute atomic E-state index is 0.0874. The van der Waals surface area contributed by atoms with Crippen LogP contribution in [0, 0.1) is 11.6 Å². The zero-order chi connectivity index (χ0) is 19.9. The highest BCUT2D eigenvalue weighted by molar-refractivity contribution is 6.32. The molecule has 0 aliphatic carbocycles. The minimum Gasteiger partial charge on any atom is -0.482 e. The second kappa shape index (κ2) is 9.19. The van der Waals surface area contributed by atoms with Gasteiger partial charge in [0.2, 0.25) is 0 Å². The minimum atomic E-state index is -0.521. The van der Waals surface area contributed by atoms with E-state index in [1.54, 1.807) is 36.4 Å². The summed E-state index contributed by atoms with van der Waals surface area (Å²) in [6.45, 7) is 0.181. The summed E-state index contributed by atoms with van der Waals surface area (Å²) in [5, 5.41) is 5.93. The van der Waals surface area contributed by atoms with Gasteiger partial charge in [-0.1, -0.05) is 29.8 Å². The highest BCUT2D eigenvalue weighted by atomic mass is 35.5. The van der Waals surface area contributed by atoms with Gasteiger partial charge in [-0.05, 0) is 54.1 Å². The van der Waals surface area contributed by atoms with Gasteiger partial charge in [0.25, 0.3) is 5.91 Å². The molecule has 0 radical (unpaired) electrons. The Kier molecular flexibility index (Phi) is 6.45. The first kappa shape index (κ1) is 19.6. The molecular formula is C21H17ClF2N2O2. The average Bonchev–Trinajstić information content (AvgIpc) is 2.68. The lowest BCUT2D eigenvalue weighted by atomic mass is 10.2. The van der Waals surface area contributed by atoms with Gasteiger partial charge in [0.15, 0.2) is 6.61 Å². The van der Waals surface area contributed by atoms with Crippen molar-refractivity contribution >= 4 is 28.9 Å². The number of anilines is 2. The fraction of sp³-hybridized carbons (Fsp3) is 0.0952. The number of ether oxygens (including phenoxy) is 1. The van der Waals surface area contributed by atoms with Crippen molar-refractivity contribution in [2.75, 3.05) is 17.2 Å². The van der Waals surface area contributed by atoms with E-state index in [4.69, 9.17) is 16.3 Å². The monoisotopic (exact) mass is 402 g/mol. The van der Waals surface area contributed by atoms with Gasteiger partial charge in [0, 0.05) is 12.2 Å². The van der Waals surface area contributed by atoms with Crippen LogP contribution in [0.15, 0.2) is 66.7 Å². The Hall–Kier alpha value is -3.12. The van der Waals surface area contributed by atoms with E-state index in [2.05, 4.69) is 10.6 Å². The second-order valence-corrected chi connectivity index (χ2v) is 6.35. The number of para-hydroxylation sites is 1. The molecule has 0 unspecified atom stereocenters. The van der Waals surface area contributed by atoms with Gasteiger partial charge in [-0.15, -0.1) is 0 Å². The number of nitrogens with one attached hydrogen (secondary N) is 2. The van der Waals surface area contributed by atoms with E-state index in [9.17, 15) is 13.6 Å². The van der Waals surface area contributed by atoms with Gasteiger partial charge in [0.05, 0.1) is 10.7 Å². The number of hydrogen-bond acceptors (Lipinski definition) is 3. The molecule has 1 amide bonds. The number of hydrogen-bond donors (Lipinski definition) is 2. The highest BCUT2D eigenvalue weighted by Gasteiger charge is 2.09. The predicted molar refractivity (Wildman–Crippen MR) is 106 cm³/mol. The molecule has 0 saturated carbocycles. The molecule has 0 aliphatic rings. The number of rotatable bonds is 7. The van der Waals surface area contributed by atoms with E-state index in [-0.39, 0.29) is 18.1 Å². The maximum Gasteiger partial charge on any atom is 0.262 e. The number of carbonyl (C=O) groups excluding carboxylic acids is 1. The summed E-state index contributed by atoms with van der Waals surface area (Å²) in [6, 6.07) is 17.1. The summed E-state index contributed by atoms with van der Waals surface area (Å²) >= 11 is 6.21. The molecule has 7 heteroatoms. The molecule has 3 aromatic carbocycles. The molecule has 0 aromatic heterocycles. The van der Waals surface area contributed by atoms with Crippen LogP contribution in [0.25, 0.3) is 0 Å². The molecule has 144 valence electrons. The smallest absolute Gasteiger partial charge is 0.262 e. The summed E-state index contributed by atoms with van der Waals surface area (Å²) in [4.78, 5) is 11.9. The number of amides is 1. The molecule has 3 rings (SSSR count). The van der Waals surface area contributed by atoms with Crippen LogP contribution in [0.2, 0.25) is 5.02 Å². The molecule has 0 spiro atoms. The summed E-state index contributed by atoms with van der Waals surface area (Å²) in [5.41, 5.74) is 1.75. The van der Waals surface area contributed by atoms with E-state index in [0.717, 1.165) is 11.3 Å². The third-order valence-electron chi connectivity index (χ3n) is 3.84. The van der Waals surface area contributed by atoms with Gasteiger partial charge in [-0.2, -0.15) is 0 Å². The first-order valence-electron chi connectivity index (χ1n) is 8.46. The van der Waals surface area contributed by atoms with Crippen molar-refractivity contribution in [1.29, 1.82) is 0 Å². The van der Waals surface area contributed by atoms with Gasteiger partial charge in [0.1, 0.15) is 17.4 Å². The molecule has 0 fully saturated rings. The Balaban J connectivity index is 1.53. The molecule has 28 heavy (non-hydrogen) atoms. The van der Waals surface area contributed by atoms with Crippen molar-refractivity contribution in [2.24, 2.45) is 0 Å². The lowest BCUT2D eigenvalue weighted by molar-refractivity contribution is -0.118. The largest absolute Gasteiger partial charge is 0.482 e. The Labute approximate surface area is 166 Å². The van der Waals surface area contributed by atoms with Crippen LogP contribution in [0.3, 0.4) is 0 Å². The van der Waals surface area contributed by atoms with E-state index >= 15 is 0 Å². The van der Waals surface area contributed by atoms with Crippen molar-refractivity contribution in [3.63, 3.8) is 0 Å². The topological polar surface area (TPSA) is 50.4 Å². The van der Waals surface area contributed by atoms with Gasteiger partial charge in [-0.3, -0.25) is 4.79 Å². The van der Waals surface area contributed by atoms with Gasteiger partial charge in [-0.25, -0.2) is 8.78 Å². The molecule has 0 aliphatic heterocycles.